The molecule has 0 radical (unpaired) electrons. The lowest BCUT2D eigenvalue weighted by Gasteiger charge is -2.20. The molecule has 0 rings (SSSR count). The summed E-state index contributed by atoms with van der Waals surface area (Å²) in [7, 11) is 0. The number of hydrogen-bond donors (Lipinski definition) is 3. The molecule has 4 N–H and O–H groups in total. The van der Waals surface area contributed by atoms with Crippen molar-refractivity contribution in [3.8, 4) is 0 Å². The normalized spacial score (nSPS) is 14.9. The third kappa shape index (κ3) is 5.11. The monoisotopic (exact) mass is 230 g/mol. The van der Waals surface area contributed by atoms with Gasteiger partial charge in [0.05, 0.1) is 6.04 Å². The van der Waals surface area contributed by atoms with Crippen LogP contribution in [-0.4, -0.2) is 29.1 Å². The second kappa shape index (κ2) is 6.48. The van der Waals surface area contributed by atoms with Gasteiger partial charge in [0.1, 0.15) is 6.04 Å². The summed E-state index contributed by atoms with van der Waals surface area (Å²) < 4.78 is 0. The van der Waals surface area contributed by atoms with Gasteiger partial charge in [0, 0.05) is 0 Å². The zero-order chi connectivity index (χ0) is 12.9. The predicted molar refractivity (Wildman–Crippen MR) is 61.8 cm³/mol. The van der Waals surface area contributed by atoms with Gasteiger partial charge < -0.3 is 16.2 Å². The van der Waals surface area contributed by atoms with Crippen LogP contribution in [0.4, 0.5) is 0 Å². The molecule has 2 atom stereocenters. The van der Waals surface area contributed by atoms with Gasteiger partial charge in [-0.1, -0.05) is 27.7 Å². The summed E-state index contributed by atoms with van der Waals surface area (Å²) in [5.41, 5.74) is 5.63. The molecule has 5 nitrogen and oxygen atoms in total. The Balaban J connectivity index is 4.40. The number of nitrogens with one attached hydrogen (secondary N) is 1. The highest BCUT2D eigenvalue weighted by Crippen LogP contribution is 2.06. The third-order valence-electron chi connectivity index (χ3n) is 2.34. The van der Waals surface area contributed by atoms with Crippen molar-refractivity contribution < 1.29 is 14.7 Å². The molecule has 0 aliphatic heterocycles. The van der Waals surface area contributed by atoms with E-state index in [-0.39, 0.29) is 11.8 Å². The quantitative estimate of drug-likeness (QED) is 0.622. The average Bonchev–Trinajstić information content (AvgIpc) is 2.14. The van der Waals surface area contributed by atoms with Crippen LogP contribution in [0, 0.1) is 11.8 Å². The molecule has 0 fully saturated rings. The number of carbonyl (C=O) groups is 2. The minimum Gasteiger partial charge on any atom is -0.480 e. The molecule has 0 spiro atoms. The molecule has 0 saturated carbocycles. The fourth-order valence-electron chi connectivity index (χ4n) is 1.26. The molecule has 0 bridgehead atoms. The van der Waals surface area contributed by atoms with E-state index in [0.717, 1.165) is 0 Å². The van der Waals surface area contributed by atoms with Crippen LogP contribution in [0.15, 0.2) is 0 Å². The van der Waals surface area contributed by atoms with Gasteiger partial charge in [-0.2, -0.15) is 0 Å². The van der Waals surface area contributed by atoms with Crippen molar-refractivity contribution in [2.24, 2.45) is 17.6 Å². The van der Waals surface area contributed by atoms with Crippen molar-refractivity contribution in [1.82, 2.24) is 5.32 Å². The summed E-state index contributed by atoms with van der Waals surface area (Å²) in [6, 6.07) is -1.51. The highest BCUT2D eigenvalue weighted by molar-refractivity contribution is 5.86. The second-order valence-electron chi connectivity index (χ2n) is 4.80. The molecule has 0 aromatic rings. The summed E-state index contributed by atoms with van der Waals surface area (Å²) in [5.74, 6) is -1.22. The van der Waals surface area contributed by atoms with Gasteiger partial charge >= 0.3 is 5.97 Å². The first kappa shape index (κ1) is 14.9. The second-order valence-corrected chi connectivity index (χ2v) is 4.80. The predicted octanol–water partition coefficient (Wildman–Crippen LogP) is 0.585. The lowest BCUT2D eigenvalue weighted by Crippen LogP contribution is -2.50. The number of hydrogen-bond acceptors (Lipinski definition) is 3. The molecule has 1 amide bonds. The summed E-state index contributed by atoms with van der Waals surface area (Å²) in [6.07, 6.45) is 0.409. The molecule has 0 saturated heterocycles. The van der Waals surface area contributed by atoms with Gasteiger partial charge in [0.2, 0.25) is 5.91 Å². The molecule has 0 aliphatic rings. The molecular formula is C11H22N2O3. The van der Waals surface area contributed by atoms with Crippen LogP contribution < -0.4 is 11.1 Å². The Kier molecular flexibility index (Phi) is 6.03. The zero-order valence-corrected chi connectivity index (χ0v) is 10.4. The van der Waals surface area contributed by atoms with E-state index >= 15 is 0 Å². The molecule has 0 heterocycles. The molecule has 1 unspecified atom stereocenters. The lowest BCUT2D eigenvalue weighted by atomic mass is 10.0. The minimum absolute atomic E-state index is 0.00602. The van der Waals surface area contributed by atoms with E-state index in [1.165, 1.54) is 0 Å². The Labute approximate surface area is 96.4 Å². The first-order valence-electron chi connectivity index (χ1n) is 5.54. The molecule has 0 aromatic carbocycles. The number of carboxylic acid groups (broad SMARTS) is 1. The average molecular weight is 230 g/mol. The highest BCUT2D eigenvalue weighted by atomic mass is 16.4. The first-order chi connectivity index (χ1) is 7.25. The van der Waals surface area contributed by atoms with Crippen LogP contribution >= 0.6 is 0 Å². The number of amides is 1. The van der Waals surface area contributed by atoms with Gasteiger partial charge in [-0.05, 0) is 18.3 Å². The minimum atomic E-state index is -1.02. The Morgan fingerprint density at radius 2 is 1.75 bits per heavy atom. The number of aliphatic carboxylic acids is 1. The van der Waals surface area contributed by atoms with Crippen LogP contribution in [0.1, 0.15) is 34.1 Å². The van der Waals surface area contributed by atoms with Gasteiger partial charge in [0.15, 0.2) is 0 Å². The topological polar surface area (TPSA) is 92.4 Å². The fraction of sp³-hybridized carbons (Fsp3) is 0.818. The molecule has 94 valence electrons. The van der Waals surface area contributed by atoms with Crippen LogP contribution in [-0.2, 0) is 9.59 Å². The SMILES string of the molecule is CC(C)C[C@@H](NC(=O)C(N)C(C)C)C(=O)O. The summed E-state index contributed by atoms with van der Waals surface area (Å²) in [4.78, 5) is 22.5. The Morgan fingerprint density at radius 3 is 2.06 bits per heavy atom. The van der Waals surface area contributed by atoms with E-state index in [1.807, 2.05) is 27.7 Å². The van der Waals surface area contributed by atoms with Crippen molar-refractivity contribution >= 4 is 11.9 Å². The Morgan fingerprint density at radius 1 is 1.25 bits per heavy atom. The van der Waals surface area contributed by atoms with Gasteiger partial charge in [0.25, 0.3) is 0 Å². The van der Waals surface area contributed by atoms with Crippen molar-refractivity contribution in [3.05, 3.63) is 0 Å². The number of rotatable bonds is 6. The van der Waals surface area contributed by atoms with Gasteiger partial charge in [-0.3, -0.25) is 4.79 Å². The first-order valence-corrected chi connectivity index (χ1v) is 5.54. The fourth-order valence-corrected chi connectivity index (χ4v) is 1.26. The van der Waals surface area contributed by atoms with E-state index in [9.17, 15) is 9.59 Å². The third-order valence-corrected chi connectivity index (χ3v) is 2.34. The standard InChI is InChI=1S/C11H22N2O3/c1-6(2)5-8(11(15)16)13-10(14)9(12)7(3)4/h6-9H,5,12H2,1-4H3,(H,13,14)(H,15,16)/t8-,9?/m1/s1. The highest BCUT2D eigenvalue weighted by Gasteiger charge is 2.25. The van der Waals surface area contributed by atoms with E-state index in [0.29, 0.717) is 6.42 Å². The summed E-state index contributed by atoms with van der Waals surface area (Å²) in [5, 5.41) is 11.4. The molecule has 0 aromatic heterocycles. The molecule has 16 heavy (non-hydrogen) atoms. The van der Waals surface area contributed by atoms with Crippen LogP contribution in [0.2, 0.25) is 0 Å². The molecular weight excluding hydrogens is 208 g/mol. The maximum absolute atomic E-state index is 11.6. The van der Waals surface area contributed by atoms with E-state index < -0.39 is 24.0 Å². The van der Waals surface area contributed by atoms with E-state index in [2.05, 4.69) is 5.32 Å². The van der Waals surface area contributed by atoms with Crippen molar-refractivity contribution in [2.45, 2.75) is 46.2 Å². The zero-order valence-electron chi connectivity index (χ0n) is 10.4. The number of carboxylic acids is 1. The summed E-state index contributed by atoms with van der Waals surface area (Å²) in [6.45, 7) is 7.46. The molecule has 5 heteroatoms. The molecule has 0 aliphatic carbocycles. The van der Waals surface area contributed by atoms with Gasteiger partial charge in [-0.15, -0.1) is 0 Å². The maximum Gasteiger partial charge on any atom is 0.326 e. The van der Waals surface area contributed by atoms with Crippen molar-refractivity contribution in [1.29, 1.82) is 0 Å². The maximum atomic E-state index is 11.6. The van der Waals surface area contributed by atoms with Crippen molar-refractivity contribution in [2.75, 3.05) is 0 Å². The smallest absolute Gasteiger partial charge is 0.326 e. The summed E-state index contributed by atoms with van der Waals surface area (Å²) >= 11 is 0. The Hall–Kier alpha value is -1.10. The van der Waals surface area contributed by atoms with Crippen LogP contribution in [0.5, 0.6) is 0 Å². The Bertz CT molecular complexity index is 252. The largest absolute Gasteiger partial charge is 0.480 e. The lowest BCUT2D eigenvalue weighted by molar-refractivity contribution is -0.142. The van der Waals surface area contributed by atoms with Crippen molar-refractivity contribution in [3.63, 3.8) is 0 Å². The van der Waals surface area contributed by atoms with Gasteiger partial charge in [-0.25, -0.2) is 4.79 Å². The van der Waals surface area contributed by atoms with Crippen LogP contribution in [0.3, 0.4) is 0 Å². The van der Waals surface area contributed by atoms with E-state index in [1.54, 1.807) is 0 Å². The number of carbonyl (C=O) groups excluding carboxylic acids is 1. The van der Waals surface area contributed by atoms with Crippen LogP contribution in [0.25, 0.3) is 0 Å². The number of nitrogens with two attached hydrogens (primary N) is 1. The van der Waals surface area contributed by atoms with E-state index in [4.69, 9.17) is 10.8 Å².